The third kappa shape index (κ3) is 3.07. The van der Waals surface area contributed by atoms with E-state index in [2.05, 4.69) is 17.6 Å². The summed E-state index contributed by atoms with van der Waals surface area (Å²) in [6.45, 7) is 5.49. The van der Waals surface area contributed by atoms with Gasteiger partial charge in [0.25, 0.3) is 0 Å². The molecule has 0 bridgehead atoms. The van der Waals surface area contributed by atoms with Gasteiger partial charge in [0.05, 0.1) is 5.92 Å². The zero-order valence-corrected chi connectivity index (χ0v) is 10.8. The van der Waals surface area contributed by atoms with E-state index in [1.807, 2.05) is 0 Å². The molecule has 18 heavy (non-hydrogen) atoms. The van der Waals surface area contributed by atoms with Gasteiger partial charge < -0.3 is 10.6 Å². The van der Waals surface area contributed by atoms with Crippen LogP contribution in [0.15, 0.2) is 18.2 Å². The third-order valence-corrected chi connectivity index (χ3v) is 3.38. The Labute approximate surface area is 107 Å². The molecule has 1 aromatic carbocycles. The van der Waals surface area contributed by atoms with Gasteiger partial charge in [0, 0.05) is 12.2 Å². The number of aryl methyl sites for hydroxylation is 1. The van der Waals surface area contributed by atoms with Crippen molar-refractivity contribution in [3.8, 4) is 0 Å². The minimum absolute atomic E-state index is 0.0295. The van der Waals surface area contributed by atoms with E-state index in [4.69, 9.17) is 0 Å². The molecule has 0 saturated carbocycles. The van der Waals surface area contributed by atoms with Gasteiger partial charge in [-0.3, -0.25) is 4.79 Å². The van der Waals surface area contributed by atoms with E-state index in [-0.39, 0.29) is 17.6 Å². The number of rotatable bonds is 2. The van der Waals surface area contributed by atoms with Crippen molar-refractivity contribution in [1.29, 1.82) is 0 Å². The Morgan fingerprint density at radius 1 is 1.44 bits per heavy atom. The van der Waals surface area contributed by atoms with E-state index < -0.39 is 0 Å². The summed E-state index contributed by atoms with van der Waals surface area (Å²) < 4.78 is 13.4. The minimum atomic E-state index is -0.289. The second-order valence-electron chi connectivity index (χ2n) is 5.15. The Kier molecular flexibility index (Phi) is 3.97. The summed E-state index contributed by atoms with van der Waals surface area (Å²) in [6, 6.07) is 4.77. The van der Waals surface area contributed by atoms with Gasteiger partial charge in [-0.2, -0.15) is 0 Å². The molecule has 2 atom stereocenters. The monoisotopic (exact) mass is 250 g/mol. The van der Waals surface area contributed by atoms with Crippen LogP contribution in [0.5, 0.6) is 0 Å². The smallest absolute Gasteiger partial charge is 0.228 e. The molecule has 0 radical (unpaired) electrons. The number of amides is 1. The number of halogens is 1. The van der Waals surface area contributed by atoms with Crippen molar-refractivity contribution in [3.63, 3.8) is 0 Å². The maximum atomic E-state index is 13.4. The third-order valence-electron chi connectivity index (χ3n) is 3.38. The number of hydrogen-bond acceptors (Lipinski definition) is 2. The van der Waals surface area contributed by atoms with Crippen molar-refractivity contribution in [2.24, 2.45) is 11.8 Å². The van der Waals surface area contributed by atoms with Crippen LogP contribution >= 0.6 is 0 Å². The summed E-state index contributed by atoms with van der Waals surface area (Å²) in [5.41, 5.74) is 1.11. The Morgan fingerprint density at radius 2 is 2.22 bits per heavy atom. The number of anilines is 1. The summed E-state index contributed by atoms with van der Waals surface area (Å²) in [5.74, 6) is 0.155. The molecule has 3 nitrogen and oxygen atoms in total. The van der Waals surface area contributed by atoms with E-state index in [0.29, 0.717) is 23.7 Å². The number of carbonyl (C=O) groups excluding carboxylic acids is 1. The van der Waals surface area contributed by atoms with E-state index in [0.717, 1.165) is 13.0 Å². The van der Waals surface area contributed by atoms with Gasteiger partial charge in [0.2, 0.25) is 5.91 Å². The highest BCUT2D eigenvalue weighted by atomic mass is 19.1. The van der Waals surface area contributed by atoms with Crippen LogP contribution in [0.4, 0.5) is 10.1 Å². The predicted octanol–water partition coefficient (Wildman–Crippen LogP) is 2.32. The van der Waals surface area contributed by atoms with Crippen molar-refractivity contribution in [2.45, 2.75) is 20.3 Å². The lowest BCUT2D eigenvalue weighted by Crippen LogP contribution is -2.40. The number of piperidine rings is 1. The van der Waals surface area contributed by atoms with Crippen LogP contribution in [-0.4, -0.2) is 19.0 Å². The molecule has 2 N–H and O–H groups in total. The van der Waals surface area contributed by atoms with Crippen LogP contribution in [0.1, 0.15) is 18.9 Å². The fourth-order valence-electron chi connectivity index (χ4n) is 2.27. The zero-order valence-electron chi connectivity index (χ0n) is 10.8. The second kappa shape index (κ2) is 5.48. The van der Waals surface area contributed by atoms with Gasteiger partial charge in [-0.05, 0) is 43.5 Å². The molecule has 4 heteroatoms. The van der Waals surface area contributed by atoms with Crippen LogP contribution in [-0.2, 0) is 4.79 Å². The largest absolute Gasteiger partial charge is 0.326 e. The zero-order chi connectivity index (χ0) is 13.1. The topological polar surface area (TPSA) is 41.1 Å². The van der Waals surface area contributed by atoms with Crippen LogP contribution < -0.4 is 10.6 Å². The molecule has 2 rings (SSSR count). The standard InChI is InChI=1S/C14H19FN2O/c1-9-5-11(8-16-7-9)14(18)17-12-4-3-10(2)13(15)6-12/h3-4,6,9,11,16H,5,7-8H2,1-2H3,(H,17,18). The molecular formula is C14H19FN2O. The van der Waals surface area contributed by atoms with Crippen LogP contribution in [0.2, 0.25) is 0 Å². The number of benzene rings is 1. The summed E-state index contributed by atoms with van der Waals surface area (Å²) in [4.78, 5) is 12.0. The Morgan fingerprint density at radius 3 is 2.89 bits per heavy atom. The van der Waals surface area contributed by atoms with E-state index in [1.165, 1.54) is 6.07 Å². The predicted molar refractivity (Wildman–Crippen MR) is 69.9 cm³/mol. The van der Waals surface area contributed by atoms with Gasteiger partial charge >= 0.3 is 0 Å². The number of hydrogen-bond donors (Lipinski definition) is 2. The first-order valence-electron chi connectivity index (χ1n) is 6.34. The van der Waals surface area contributed by atoms with Gasteiger partial charge in [-0.1, -0.05) is 13.0 Å². The molecule has 1 fully saturated rings. The quantitative estimate of drug-likeness (QED) is 0.845. The van der Waals surface area contributed by atoms with Crippen LogP contribution in [0.25, 0.3) is 0 Å². The average molecular weight is 250 g/mol. The highest BCUT2D eigenvalue weighted by Gasteiger charge is 2.24. The molecule has 1 aromatic rings. The van der Waals surface area contributed by atoms with Crippen molar-refractivity contribution in [3.05, 3.63) is 29.6 Å². The van der Waals surface area contributed by atoms with Crippen molar-refractivity contribution >= 4 is 11.6 Å². The fraction of sp³-hybridized carbons (Fsp3) is 0.500. The fourth-order valence-corrected chi connectivity index (χ4v) is 2.27. The van der Waals surface area contributed by atoms with Crippen molar-refractivity contribution in [1.82, 2.24) is 5.32 Å². The maximum Gasteiger partial charge on any atom is 0.228 e. The molecule has 1 amide bonds. The molecule has 1 aliphatic rings. The molecule has 1 aliphatic heterocycles. The maximum absolute atomic E-state index is 13.4. The molecule has 0 aromatic heterocycles. The van der Waals surface area contributed by atoms with Gasteiger partial charge in [0.1, 0.15) is 5.82 Å². The first-order valence-corrected chi connectivity index (χ1v) is 6.34. The molecule has 1 heterocycles. The van der Waals surface area contributed by atoms with Crippen LogP contribution in [0, 0.1) is 24.6 Å². The summed E-state index contributed by atoms with van der Waals surface area (Å²) in [7, 11) is 0. The first-order chi connectivity index (χ1) is 8.56. The van der Waals surface area contributed by atoms with Crippen molar-refractivity contribution in [2.75, 3.05) is 18.4 Å². The Balaban J connectivity index is 2.00. The Bertz CT molecular complexity index is 447. The molecule has 1 saturated heterocycles. The van der Waals surface area contributed by atoms with E-state index in [1.54, 1.807) is 19.1 Å². The van der Waals surface area contributed by atoms with Gasteiger partial charge in [-0.15, -0.1) is 0 Å². The molecule has 2 unspecified atom stereocenters. The molecule has 0 spiro atoms. The highest BCUT2D eigenvalue weighted by molar-refractivity contribution is 5.92. The van der Waals surface area contributed by atoms with Gasteiger partial charge in [-0.25, -0.2) is 4.39 Å². The second-order valence-corrected chi connectivity index (χ2v) is 5.15. The number of carbonyl (C=O) groups is 1. The Hall–Kier alpha value is -1.42. The average Bonchev–Trinajstić information content (AvgIpc) is 2.34. The van der Waals surface area contributed by atoms with Crippen LogP contribution in [0.3, 0.4) is 0 Å². The first kappa shape index (κ1) is 13.0. The molecular weight excluding hydrogens is 231 g/mol. The number of nitrogens with one attached hydrogen (secondary N) is 2. The van der Waals surface area contributed by atoms with Gasteiger partial charge in [0.15, 0.2) is 0 Å². The normalized spacial score (nSPS) is 23.7. The minimum Gasteiger partial charge on any atom is -0.326 e. The summed E-state index contributed by atoms with van der Waals surface area (Å²) >= 11 is 0. The summed E-state index contributed by atoms with van der Waals surface area (Å²) in [6.07, 6.45) is 0.882. The lowest BCUT2D eigenvalue weighted by atomic mass is 9.91. The summed E-state index contributed by atoms with van der Waals surface area (Å²) in [5, 5.41) is 6.02. The lowest BCUT2D eigenvalue weighted by molar-refractivity contribution is -0.120. The highest BCUT2D eigenvalue weighted by Crippen LogP contribution is 2.19. The van der Waals surface area contributed by atoms with Crippen molar-refractivity contribution < 1.29 is 9.18 Å². The van der Waals surface area contributed by atoms with E-state index >= 15 is 0 Å². The SMILES string of the molecule is Cc1ccc(NC(=O)C2CNCC(C)C2)cc1F. The lowest BCUT2D eigenvalue weighted by Gasteiger charge is -2.26. The molecule has 98 valence electrons. The molecule has 0 aliphatic carbocycles. The van der Waals surface area contributed by atoms with E-state index in [9.17, 15) is 9.18 Å².